The second-order valence-electron chi connectivity index (χ2n) is 6.90. The molecule has 0 atom stereocenters. The molecule has 0 radical (unpaired) electrons. The minimum absolute atomic E-state index is 0.0399. The van der Waals surface area contributed by atoms with Crippen LogP contribution in [0, 0.1) is 29.4 Å². The number of methoxy groups -OCH3 is 1. The van der Waals surface area contributed by atoms with Gasteiger partial charge in [-0.3, -0.25) is 15.4 Å². The quantitative estimate of drug-likeness (QED) is 0.380. The predicted molar refractivity (Wildman–Crippen MR) is 109 cm³/mol. The lowest BCUT2D eigenvalue weighted by Crippen LogP contribution is -2.27. The normalized spacial score (nSPS) is 10.7. The molecule has 0 unspecified atom stereocenters. The summed E-state index contributed by atoms with van der Waals surface area (Å²) in [4.78, 5) is 11.8. The van der Waals surface area contributed by atoms with Crippen molar-refractivity contribution in [2.24, 2.45) is 0 Å². The van der Waals surface area contributed by atoms with Gasteiger partial charge in [0.25, 0.3) is 0 Å². The highest BCUT2D eigenvalue weighted by Gasteiger charge is 2.13. The van der Waals surface area contributed by atoms with Gasteiger partial charge in [-0.05, 0) is 60.7 Å². The number of aromatic nitrogens is 1. The van der Waals surface area contributed by atoms with E-state index in [4.69, 9.17) is 15.6 Å². The van der Waals surface area contributed by atoms with Crippen molar-refractivity contribution in [3.8, 4) is 0 Å². The van der Waals surface area contributed by atoms with E-state index >= 15 is 0 Å². The molecule has 0 saturated carbocycles. The molecule has 154 valence electrons. The molecule has 1 aromatic heterocycles. The van der Waals surface area contributed by atoms with E-state index in [1.54, 1.807) is 36.5 Å². The van der Waals surface area contributed by atoms with Crippen molar-refractivity contribution in [2.45, 2.75) is 19.8 Å². The Hall–Kier alpha value is -3.61. The van der Waals surface area contributed by atoms with Crippen LogP contribution in [-0.2, 0) is 17.6 Å². The molecule has 5 nitrogen and oxygen atoms in total. The number of carbonyl (C=O) groups excluding carboxylic acids is 1. The number of rotatable bonds is 5. The molecule has 7 heteroatoms. The standard InChI is InChI=1S/C23H21F2N3O2/c1-14-3-6-17(23(29)30-2)11-19(14)22(27)28-13-15(5-10-21(28)26)4-7-16-8-9-18(24)12-20(16)25/h3,5-6,8-13,26-27H,4,7H2,1-2H3. The van der Waals surface area contributed by atoms with Crippen LogP contribution in [-0.4, -0.2) is 23.5 Å². The van der Waals surface area contributed by atoms with E-state index in [0.717, 1.165) is 17.2 Å². The summed E-state index contributed by atoms with van der Waals surface area (Å²) < 4.78 is 33.1. The minimum Gasteiger partial charge on any atom is -0.465 e. The number of hydrogen-bond donors (Lipinski definition) is 2. The van der Waals surface area contributed by atoms with Crippen LogP contribution in [0.3, 0.4) is 0 Å². The van der Waals surface area contributed by atoms with Gasteiger partial charge >= 0.3 is 5.97 Å². The van der Waals surface area contributed by atoms with Crippen LogP contribution in [0.2, 0.25) is 0 Å². The number of benzene rings is 2. The van der Waals surface area contributed by atoms with Crippen LogP contribution in [0.4, 0.5) is 8.78 Å². The van der Waals surface area contributed by atoms with Gasteiger partial charge in [-0.15, -0.1) is 0 Å². The van der Waals surface area contributed by atoms with E-state index in [9.17, 15) is 13.6 Å². The van der Waals surface area contributed by atoms with E-state index in [-0.39, 0.29) is 11.3 Å². The lowest BCUT2D eigenvalue weighted by atomic mass is 10.0. The molecule has 1 heterocycles. The Morgan fingerprint density at radius 3 is 2.53 bits per heavy atom. The Bertz CT molecular complexity index is 1190. The Morgan fingerprint density at radius 1 is 1.07 bits per heavy atom. The van der Waals surface area contributed by atoms with E-state index in [1.165, 1.54) is 23.8 Å². The predicted octanol–water partition coefficient (Wildman–Crippen LogP) is 4.00. The molecular formula is C23H21F2N3O2. The molecule has 2 N–H and O–H groups in total. The SMILES string of the molecule is COC(=O)c1ccc(C)c(C(=N)n2cc(CCc3ccc(F)cc3F)ccc2=N)c1. The maximum absolute atomic E-state index is 13.9. The highest BCUT2D eigenvalue weighted by atomic mass is 19.1. The van der Waals surface area contributed by atoms with Gasteiger partial charge < -0.3 is 4.74 Å². The average Bonchev–Trinajstić information content (AvgIpc) is 2.73. The third kappa shape index (κ3) is 4.51. The topological polar surface area (TPSA) is 78.9 Å². The molecule has 0 aliphatic rings. The van der Waals surface area contributed by atoms with Gasteiger partial charge in [0.15, 0.2) is 0 Å². The van der Waals surface area contributed by atoms with Crippen LogP contribution >= 0.6 is 0 Å². The molecule has 0 aliphatic heterocycles. The number of ether oxygens (including phenoxy) is 1. The first kappa shape index (κ1) is 21.1. The molecule has 0 fully saturated rings. The molecule has 0 saturated heterocycles. The molecule has 0 amide bonds. The monoisotopic (exact) mass is 409 g/mol. The highest BCUT2D eigenvalue weighted by Crippen LogP contribution is 2.15. The van der Waals surface area contributed by atoms with E-state index in [2.05, 4.69) is 0 Å². The number of nitrogens with one attached hydrogen (secondary N) is 2. The fourth-order valence-corrected chi connectivity index (χ4v) is 3.13. The molecular weight excluding hydrogens is 388 g/mol. The molecule has 0 bridgehead atoms. The molecule has 2 aromatic carbocycles. The minimum atomic E-state index is -0.620. The first-order chi connectivity index (χ1) is 14.3. The summed E-state index contributed by atoms with van der Waals surface area (Å²) in [6.45, 7) is 1.82. The van der Waals surface area contributed by atoms with Gasteiger partial charge in [0, 0.05) is 17.8 Å². The van der Waals surface area contributed by atoms with Crippen LogP contribution < -0.4 is 5.49 Å². The van der Waals surface area contributed by atoms with Crippen molar-refractivity contribution in [2.75, 3.05) is 7.11 Å². The van der Waals surface area contributed by atoms with E-state index in [0.29, 0.717) is 29.5 Å². The third-order valence-corrected chi connectivity index (χ3v) is 4.86. The summed E-state index contributed by atoms with van der Waals surface area (Å²) in [5.41, 5.74) is 2.88. The van der Waals surface area contributed by atoms with Crippen LogP contribution in [0.1, 0.15) is 32.6 Å². The zero-order valence-corrected chi connectivity index (χ0v) is 16.6. The van der Waals surface area contributed by atoms with Gasteiger partial charge in [0.05, 0.1) is 12.7 Å². The van der Waals surface area contributed by atoms with Crippen molar-refractivity contribution in [1.82, 2.24) is 4.57 Å². The largest absolute Gasteiger partial charge is 0.465 e. The van der Waals surface area contributed by atoms with Gasteiger partial charge in [0.2, 0.25) is 0 Å². The Morgan fingerprint density at radius 2 is 1.83 bits per heavy atom. The molecule has 3 rings (SSSR count). The number of halogens is 2. The van der Waals surface area contributed by atoms with Gasteiger partial charge in [-0.25, -0.2) is 13.6 Å². The van der Waals surface area contributed by atoms with Crippen LogP contribution in [0.25, 0.3) is 0 Å². The molecule has 30 heavy (non-hydrogen) atoms. The summed E-state index contributed by atoms with van der Waals surface area (Å²) in [5, 5.41) is 16.8. The summed E-state index contributed by atoms with van der Waals surface area (Å²) in [7, 11) is 1.29. The fourth-order valence-electron chi connectivity index (χ4n) is 3.13. The summed E-state index contributed by atoms with van der Waals surface area (Å²) in [5.74, 6) is -1.68. The Balaban J connectivity index is 1.89. The summed E-state index contributed by atoms with van der Waals surface area (Å²) >= 11 is 0. The van der Waals surface area contributed by atoms with Crippen LogP contribution in [0.5, 0.6) is 0 Å². The fraction of sp³-hybridized carbons (Fsp3) is 0.174. The lowest BCUT2D eigenvalue weighted by molar-refractivity contribution is 0.0600. The van der Waals surface area contributed by atoms with E-state index < -0.39 is 17.6 Å². The summed E-state index contributed by atoms with van der Waals surface area (Å²) in [6, 6.07) is 11.7. The highest BCUT2D eigenvalue weighted by molar-refractivity contribution is 6.01. The zero-order chi connectivity index (χ0) is 21.8. The number of pyridine rings is 1. The second kappa shape index (κ2) is 8.82. The zero-order valence-electron chi connectivity index (χ0n) is 16.6. The Kier molecular flexibility index (Phi) is 6.20. The average molecular weight is 409 g/mol. The number of aryl methyl sites for hydroxylation is 3. The van der Waals surface area contributed by atoms with E-state index in [1.807, 2.05) is 6.92 Å². The number of nitrogens with zero attached hydrogens (tertiary/aromatic N) is 1. The number of hydrogen-bond acceptors (Lipinski definition) is 4. The smallest absolute Gasteiger partial charge is 0.337 e. The van der Waals surface area contributed by atoms with Crippen molar-refractivity contribution in [3.05, 3.63) is 99.7 Å². The van der Waals surface area contributed by atoms with Crippen molar-refractivity contribution in [1.29, 1.82) is 10.8 Å². The lowest BCUT2D eigenvalue weighted by Gasteiger charge is -2.14. The number of carbonyl (C=O) groups is 1. The molecule has 3 aromatic rings. The second-order valence-corrected chi connectivity index (χ2v) is 6.90. The van der Waals surface area contributed by atoms with Gasteiger partial charge in [-0.2, -0.15) is 0 Å². The maximum atomic E-state index is 13.9. The van der Waals surface area contributed by atoms with Crippen molar-refractivity contribution >= 4 is 11.8 Å². The molecule has 0 aliphatic carbocycles. The first-order valence-electron chi connectivity index (χ1n) is 9.28. The van der Waals surface area contributed by atoms with Crippen LogP contribution in [0.15, 0.2) is 54.7 Å². The number of esters is 1. The molecule has 0 spiro atoms. The van der Waals surface area contributed by atoms with Gasteiger partial charge in [0.1, 0.15) is 23.0 Å². The first-order valence-corrected chi connectivity index (χ1v) is 9.28. The Labute approximate surface area is 172 Å². The summed E-state index contributed by atoms with van der Waals surface area (Å²) in [6.07, 6.45) is 2.46. The third-order valence-electron chi connectivity index (χ3n) is 4.86. The maximum Gasteiger partial charge on any atom is 0.337 e. The van der Waals surface area contributed by atoms with Crippen molar-refractivity contribution in [3.63, 3.8) is 0 Å². The van der Waals surface area contributed by atoms with Gasteiger partial charge in [-0.1, -0.05) is 18.2 Å². The van der Waals surface area contributed by atoms with Crippen molar-refractivity contribution < 1.29 is 18.3 Å².